The summed E-state index contributed by atoms with van der Waals surface area (Å²) in [5.41, 5.74) is 0.440. The largest absolute Gasteiger partial charge is 0.289 e. The summed E-state index contributed by atoms with van der Waals surface area (Å²) in [6.45, 7) is -0.270. The van der Waals surface area contributed by atoms with E-state index in [0.717, 1.165) is 15.5 Å². The molecular formula is C21H15N5O4S2. The fraction of sp³-hybridized carbons (Fsp3) is 0.143. The number of rotatable bonds is 5. The van der Waals surface area contributed by atoms with Gasteiger partial charge in [-0.1, -0.05) is 12.1 Å². The van der Waals surface area contributed by atoms with Crippen LogP contribution in [0.5, 0.6) is 0 Å². The molecule has 9 nitrogen and oxygen atoms in total. The molecule has 3 aromatic heterocycles. The third kappa shape index (κ3) is 3.61. The summed E-state index contributed by atoms with van der Waals surface area (Å²) in [7, 11) is 0. The third-order valence-corrected chi connectivity index (χ3v) is 7.06. The van der Waals surface area contributed by atoms with Crippen LogP contribution in [0.2, 0.25) is 0 Å². The van der Waals surface area contributed by atoms with Crippen LogP contribution >= 0.6 is 22.7 Å². The summed E-state index contributed by atoms with van der Waals surface area (Å²) in [5, 5.41) is 21.1. The van der Waals surface area contributed by atoms with Crippen molar-refractivity contribution >= 4 is 50.9 Å². The Morgan fingerprint density at radius 3 is 2.72 bits per heavy atom. The number of non-ortho nitro benzene ring substituents is 1. The first-order valence-electron chi connectivity index (χ1n) is 9.61. The summed E-state index contributed by atoms with van der Waals surface area (Å²) in [5.74, 6) is -0.358. The van der Waals surface area contributed by atoms with E-state index in [1.807, 2.05) is 35.0 Å². The Bertz CT molecular complexity index is 1410. The second kappa shape index (κ2) is 8.09. The van der Waals surface area contributed by atoms with Crippen LogP contribution < -0.4 is 5.56 Å². The van der Waals surface area contributed by atoms with Crippen molar-refractivity contribution in [3.63, 3.8) is 0 Å². The fourth-order valence-corrected chi connectivity index (χ4v) is 5.16. The van der Waals surface area contributed by atoms with Crippen LogP contribution in [0.4, 0.5) is 5.69 Å². The lowest BCUT2D eigenvalue weighted by molar-refractivity contribution is -0.384. The molecule has 1 aliphatic rings. The quantitative estimate of drug-likeness (QED) is 0.329. The van der Waals surface area contributed by atoms with Crippen molar-refractivity contribution in [2.45, 2.75) is 19.0 Å². The molecule has 4 aromatic rings. The van der Waals surface area contributed by atoms with Gasteiger partial charge in [0.2, 0.25) is 0 Å². The number of carbonyl (C=O) groups excluding carboxylic acids is 1. The lowest BCUT2D eigenvalue weighted by atomic mass is 10.1. The Kier molecular flexibility index (Phi) is 5.11. The summed E-state index contributed by atoms with van der Waals surface area (Å²) in [4.78, 5) is 42.8. The van der Waals surface area contributed by atoms with Gasteiger partial charge in [0.05, 0.1) is 38.8 Å². The number of aromatic nitrogens is 2. The maximum Gasteiger partial charge on any atom is 0.270 e. The first kappa shape index (κ1) is 20.2. The number of carbonyl (C=O) groups is 1. The molecule has 32 heavy (non-hydrogen) atoms. The van der Waals surface area contributed by atoms with Gasteiger partial charge in [0, 0.05) is 23.4 Å². The second-order valence-electron chi connectivity index (χ2n) is 7.13. The molecular weight excluding hydrogens is 450 g/mol. The molecule has 5 rings (SSSR count). The van der Waals surface area contributed by atoms with E-state index in [1.165, 1.54) is 34.1 Å². The van der Waals surface area contributed by atoms with Crippen LogP contribution in [0.15, 0.2) is 69.4 Å². The molecule has 1 atom stereocenters. The van der Waals surface area contributed by atoms with Crippen LogP contribution in [0.3, 0.4) is 0 Å². The Morgan fingerprint density at radius 2 is 2.00 bits per heavy atom. The van der Waals surface area contributed by atoms with Crippen molar-refractivity contribution in [1.29, 1.82) is 0 Å². The summed E-state index contributed by atoms with van der Waals surface area (Å²) in [6, 6.07) is 11.4. The molecule has 0 bridgehead atoms. The van der Waals surface area contributed by atoms with Crippen molar-refractivity contribution in [3.05, 3.63) is 89.8 Å². The highest BCUT2D eigenvalue weighted by molar-refractivity contribution is 7.12. The maximum atomic E-state index is 13.2. The predicted octanol–water partition coefficient (Wildman–Crippen LogP) is 3.81. The molecule has 0 aliphatic carbocycles. The molecule has 1 aromatic carbocycles. The lowest BCUT2D eigenvalue weighted by Crippen LogP contribution is -2.33. The van der Waals surface area contributed by atoms with Crippen LogP contribution in [-0.4, -0.2) is 31.1 Å². The highest BCUT2D eigenvalue weighted by Gasteiger charge is 2.34. The normalized spacial score (nSPS) is 15.8. The van der Waals surface area contributed by atoms with Gasteiger partial charge >= 0.3 is 0 Å². The van der Waals surface area contributed by atoms with E-state index < -0.39 is 10.5 Å². The summed E-state index contributed by atoms with van der Waals surface area (Å²) < 4.78 is 1.17. The number of thiophene rings is 2. The van der Waals surface area contributed by atoms with E-state index in [0.29, 0.717) is 11.9 Å². The van der Waals surface area contributed by atoms with E-state index in [2.05, 4.69) is 10.1 Å². The van der Waals surface area contributed by atoms with Crippen molar-refractivity contribution in [3.8, 4) is 0 Å². The van der Waals surface area contributed by atoms with E-state index in [-0.39, 0.29) is 29.6 Å². The fourth-order valence-electron chi connectivity index (χ4n) is 3.63. The van der Waals surface area contributed by atoms with Crippen LogP contribution in [0, 0.1) is 10.1 Å². The Labute approximate surface area is 189 Å². The average molecular weight is 466 g/mol. The van der Waals surface area contributed by atoms with Gasteiger partial charge in [0.1, 0.15) is 6.54 Å². The average Bonchev–Trinajstić information content (AvgIpc) is 3.55. The molecule has 4 heterocycles. The smallest absolute Gasteiger partial charge is 0.270 e. The molecule has 160 valence electrons. The third-order valence-electron chi connectivity index (χ3n) is 5.17. The zero-order chi connectivity index (χ0) is 22.2. The van der Waals surface area contributed by atoms with Gasteiger partial charge in [-0.3, -0.25) is 24.3 Å². The van der Waals surface area contributed by atoms with Gasteiger partial charge in [-0.25, -0.2) is 9.99 Å². The molecule has 0 spiro atoms. The van der Waals surface area contributed by atoms with Gasteiger partial charge in [-0.2, -0.15) is 5.10 Å². The number of fused-ring (bicyclic) bond motifs is 1. The maximum absolute atomic E-state index is 13.2. The molecule has 1 unspecified atom stereocenters. The van der Waals surface area contributed by atoms with E-state index in [9.17, 15) is 19.7 Å². The number of hydrazone groups is 1. The minimum Gasteiger partial charge on any atom is -0.289 e. The second-order valence-corrected chi connectivity index (χ2v) is 9.06. The van der Waals surface area contributed by atoms with Gasteiger partial charge in [-0.15, -0.1) is 22.7 Å². The molecule has 0 radical (unpaired) electrons. The van der Waals surface area contributed by atoms with Crippen LogP contribution in [0.25, 0.3) is 10.9 Å². The number of hydrogen-bond acceptors (Lipinski definition) is 8. The monoisotopic (exact) mass is 465 g/mol. The first-order valence-corrected chi connectivity index (χ1v) is 11.4. The molecule has 1 amide bonds. The Morgan fingerprint density at radius 1 is 1.19 bits per heavy atom. The van der Waals surface area contributed by atoms with Crippen LogP contribution in [-0.2, 0) is 11.3 Å². The van der Waals surface area contributed by atoms with E-state index >= 15 is 0 Å². The van der Waals surface area contributed by atoms with Gasteiger partial charge in [0.15, 0.2) is 0 Å². The zero-order valence-electron chi connectivity index (χ0n) is 16.5. The number of amides is 1. The lowest BCUT2D eigenvalue weighted by Gasteiger charge is -2.21. The van der Waals surface area contributed by atoms with E-state index in [4.69, 9.17) is 0 Å². The summed E-state index contributed by atoms with van der Waals surface area (Å²) in [6.07, 6.45) is 1.87. The van der Waals surface area contributed by atoms with Crippen molar-refractivity contribution in [2.24, 2.45) is 5.10 Å². The van der Waals surface area contributed by atoms with E-state index in [1.54, 1.807) is 22.7 Å². The number of nitrogens with zero attached hydrogens (tertiary/aromatic N) is 5. The van der Waals surface area contributed by atoms with Crippen molar-refractivity contribution in [2.75, 3.05) is 0 Å². The predicted molar refractivity (Wildman–Crippen MR) is 122 cm³/mol. The molecule has 0 fully saturated rings. The van der Waals surface area contributed by atoms with Crippen molar-refractivity contribution in [1.82, 2.24) is 14.6 Å². The SMILES string of the molecule is O=C(Cn1cnc2ccc([N+](=O)[O-])cc2c1=O)N1N=C(c2cccs2)CC1c1cccs1. The Balaban J connectivity index is 1.48. The standard InChI is InChI=1S/C21H15N5O4S2/c27-20(11-24-12-22-15-6-5-13(26(29)30)9-14(15)21(24)28)25-17(19-4-2-8-32-19)10-16(23-25)18-3-1-7-31-18/h1-9,12,17H,10-11H2. The minimum atomic E-state index is -0.571. The minimum absolute atomic E-state index is 0.0912. The summed E-state index contributed by atoms with van der Waals surface area (Å²) >= 11 is 3.11. The first-order chi connectivity index (χ1) is 15.5. The van der Waals surface area contributed by atoms with Gasteiger partial charge in [0.25, 0.3) is 17.2 Å². The Hall–Kier alpha value is -3.70. The number of nitro benzene ring substituents is 1. The highest BCUT2D eigenvalue weighted by atomic mass is 32.1. The zero-order valence-corrected chi connectivity index (χ0v) is 18.1. The van der Waals surface area contributed by atoms with Gasteiger partial charge < -0.3 is 0 Å². The van der Waals surface area contributed by atoms with Crippen molar-refractivity contribution < 1.29 is 9.72 Å². The molecule has 0 saturated carbocycles. The topological polar surface area (TPSA) is 111 Å². The molecule has 11 heteroatoms. The molecule has 0 saturated heterocycles. The van der Waals surface area contributed by atoms with Gasteiger partial charge in [-0.05, 0) is 29.0 Å². The number of benzene rings is 1. The molecule has 1 aliphatic heterocycles. The number of nitro groups is 1. The van der Waals surface area contributed by atoms with Crippen LogP contribution in [0.1, 0.15) is 22.2 Å². The highest BCUT2D eigenvalue weighted by Crippen LogP contribution is 2.36. The number of hydrogen-bond donors (Lipinski definition) is 0. The molecule has 0 N–H and O–H groups in total.